The standard InChI is InChI=1S/C12H14BrClN2O/c13-9-3-8(4-10(14)5-9)12(17)16-11(6-15)7-1-2-7/h3-5,7,11H,1-2,6,15H2,(H,16,17). The Hall–Kier alpha value is -0.580. The van der Waals surface area contributed by atoms with Crippen molar-refractivity contribution in [1.82, 2.24) is 5.32 Å². The molecule has 17 heavy (non-hydrogen) atoms. The Labute approximate surface area is 114 Å². The molecule has 0 saturated heterocycles. The lowest BCUT2D eigenvalue weighted by Gasteiger charge is -2.16. The first kappa shape index (κ1) is 12.9. The Morgan fingerprint density at radius 1 is 1.53 bits per heavy atom. The lowest BCUT2D eigenvalue weighted by atomic mass is 10.1. The normalized spacial score (nSPS) is 16.6. The highest BCUT2D eigenvalue weighted by Crippen LogP contribution is 2.32. The van der Waals surface area contributed by atoms with Gasteiger partial charge in [0, 0.05) is 27.6 Å². The minimum atomic E-state index is -0.115. The zero-order valence-electron chi connectivity index (χ0n) is 9.25. The third-order valence-electron chi connectivity index (χ3n) is 2.89. The number of benzene rings is 1. The van der Waals surface area contributed by atoms with Gasteiger partial charge in [-0.2, -0.15) is 0 Å². The van der Waals surface area contributed by atoms with Crippen molar-refractivity contribution in [1.29, 1.82) is 0 Å². The van der Waals surface area contributed by atoms with E-state index in [9.17, 15) is 4.79 Å². The van der Waals surface area contributed by atoms with Crippen molar-refractivity contribution in [2.24, 2.45) is 11.7 Å². The van der Waals surface area contributed by atoms with Crippen LogP contribution >= 0.6 is 27.5 Å². The summed E-state index contributed by atoms with van der Waals surface area (Å²) in [7, 11) is 0. The van der Waals surface area contributed by atoms with Gasteiger partial charge in [-0.1, -0.05) is 27.5 Å². The van der Waals surface area contributed by atoms with Gasteiger partial charge in [-0.05, 0) is 37.0 Å². The fourth-order valence-corrected chi connectivity index (χ4v) is 2.66. The maximum Gasteiger partial charge on any atom is 0.251 e. The van der Waals surface area contributed by atoms with Gasteiger partial charge in [0.15, 0.2) is 0 Å². The van der Waals surface area contributed by atoms with E-state index in [0.717, 1.165) is 17.3 Å². The fraction of sp³-hybridized carbons (Fsp3) is 0.417. The molecule has 92 valence electrons. The number of rotatable bonds is 4. The summed E-state index contributed by atoms with van der Waals surface area (Å²) >= 11 is 9.22. The lowest BCUT2D eigenvalue weighted by Crippen LogP contribution is -2.41. The molecular weight excluding hydrogens is 304 g/mol. The molecule has 0 bridgehead atoms. The fourth-order valence-electron chi connectivity index (χ4n) is 1.80. The van der Waals surface area contributed by atoms with Crippen LogP contribution in [-0.4, -0.2) is 18.5 Å². The van der Waals surface area contributed by atoms with E-state index < -0.39 is 0 Å². The van der Waals surface area contributed by atoms with Crippen LogP contribution in [-0.2, 0) is 0 Å². The second-order valence-corrected chi connectivity index (χ2v) is 5.66. The number of hydrogen-bond acceptors (Lipinski definition) is 2. The molecule has 1 atom stereocenters. The third kappa shape index (κ3) is 3.44. The molecule has 1 aromatic rings. The van der Waals surface area contributed by atoms with Crippen LogP contribution in [0.1, 0.15) is 23.2 Å². The largest absolute Gasteiger partial charge is 0.348 e. The van der Waals surface area contributed by atoms with E-state index in [2.05, 4.69) is 21.2 Å². The average molecular weight is 318 g/mol. The predicted octanol–water partition coefficient (Wildman–Crippen LogP) is 2.57. The maximum atomic E-state index is 12.0. The first-order valence-electron chi connectivity index (χ1n) is 5.57. The highest BCUT2D eigenvalue weighted by molar-refractivity contribution is 9.10. The summed E-state index contributed by atoms with van der Waals surface area (Å²) in [6.07, 6.45) is 2.31. The minimum absolute atomic E-state index is 0.0836. The van der Waals surface area contributed by atoms with Crippen LogP contribution < -0.4 is 11.1 Å². The molecule has 0 aromatic heterocycles. The van der Waals surface area contributed by atoms with Crippen molar-refractivity contribution in [2.75, 3.05) is 6.54 Å². The summed E-state index contributed by atoms with van der Waals surface area (Å²) < 4.78 is 0.797. The van der Waals surface area contributed by atoms with Crippen LogP contribution in [0.15, 0.2) is 22.7 Å². The van der Waals surface area contributed by atoms with Crippen molar-refractivity contribution in [3.8, 4) is 0 Å². The number of nitrogens with one attached hydrogen (secondary N) is 1. The van der Waals surface area contributed by atoms with E-state index in [-0.39, 0.29) is 11.9 Å². The summed E-state index contributed by atoms with van der Waals surface area (Å²) in [5.74, 6) is 0.433. The molecule has 1 fully saturated rings. The van der Waals surface area contributed by atoms with Crippen LogP contribution in [0.5, 0.6) is 0 Å². The lowest BCUT2D eigenvalue weighted by molar-refractivity contribution is 0.0933. The van der Waals surface area contributed by atoms with E-state index in [1.807, 2.05) is 0 Å². The Morgan fingerprint density at radius 2 is 2.24 bits per heavy atom. The second-order valence-electron chi connectivity index (χ2n) is 4.31. The molecule has 1 saturated carbocycles. The van der Waals surface area contributed by atoms with Crippen LogP contribution in [0.2, 0.25) is 5.02 Å². The highest BCUT2D eigenvalue weighted by atomic mass is 79.9. The van der Waals surface area contributed by atoms with Crippen molar-refractivity contribution in [3.63, 3.8) is 0 Å². The van der Waals surface area contributed by atoms with E-state index >= 15 is 0 Å². The monoisotopic (exact) mass is 316 g/mol. The van der Waals surface area contributed by atoms with Crippen molar-refractivity contribution >= 4 is 33.4 Å². The smallest absolute Gasteiger partial charge is 0.251 e. The summed E-state index contributed by atoms with van der Waals surface area (Å²) in [5.41, 5.74) is 6.21. The van der Waals surface area contributed by atoms with Gasteiger partial charge in [0.2, 0.25) is 0 Å². The zero-order chi connectivity index (χ0) is 12.4. The average Bonchev–Trinajstić information content (AvgIpc) is 3.08. The van der Waals surface area contributed by atoms with Gasteiger partial charge in [0.25, 0.3) is 5.91 Å². The molecule has 0 spiro atoms. The van der Waals surface area contributed by atoms with E-state index in [0.29, 0.717) is 23.0 Å². The van der Waals surface area contributed by atoms with Gasteiger partial charge in [-0.15, -0.1) is 0 Å². The predicted molar refractivity (Wildman–Crippen MR) is 72.2 cm³/mol. The molecule has 0 radical (unpaired) electrons. The zero-order valence-corrected chi connectivity index (χ0v) is 11.6. The van der Waals surface area contributed by atoms with E-state index in [1.165, 1.54) is 0 Å². The maximum absolute atomic E-state index is 12.0. The topological polar surface area (TPSA) is 55.1 Å². The molecule has 1 aromatic carbocycles. The Kier molecular flexibility index (Phi) is 4.07. The van der Waals surface area contributed by atoms with Crippen LogP contribution in [0.25, 0.3) is 0 Å². The van der Waals surface area contributed by atoms with Crippen molar-refractivity contribution < 1.29 is 4.79 Å². The quantitative estimate of drug-likeness (QED) is 0.897. The van der Waals surface area contributed by atoms with Gasteiger partial charge in [-0.3, -0.25) is 4.79 Å². The number of carbonyl (C=O) groups excluding carboxylic acids is 1. The van der Waals surface area contributed by atoms with Crippen molar-refractivity contribution in [2.45, 2.75) is 18.9 Å². The molecule has 1 aliphatic carbocycles. The molecule has 5 heteroatoms. The summed E-state index contributed by atoms with van der Waals surface area (Å²) in [5, 5.41) is 3.50. The summed E-state index contributed by atoms with van der Waals surface area (Å²) in [6, 6.07) is 5.24. The number of halogens is 2. The van der Waals surface area contributed by atoms with Gasteiger partial charge >= 0.3 is 0 Å². The van der Waals surface area contributed by atoms with E-state index in [4.69, 9.17) is 17.3 Å². The molecule has 3 nitrogen and oxygen atoms in total. The second kappa shape index (κ2) is 5.38. The van der Waals surface area contributed by atoms with Gasteiger partial charge in [0.1, 0.15) is 0 Å². The first-order chi connectivity index (χ1) is 8.10. The summed E-state index contributed by atoms with van der Waals surface area (Å²) in [4.78, 5) is 12.0. The van der Waals surface area contributed by atoms with Crippen LogP contribution in [0.4, 0.5) is 0 Å². The molecule has 0 aliphatic heterocycles. The number of nitrogens with two attached hydrogens (primary N) is 1. The molecule has 1 aliphatic rings. The van der Waals surface area contributed by atoms with Crippen LogP contribution in [0.3, 0.4) is 0 Å². The SMILES string of the molecule is NCC(NC(=O)c1cc(Cl)cc(Br)c1)C1CC1. The third-order valence-corrected chi connectivity index (χ3v) is 3.56. The number of carbonyl (C=O) groups is 1. The summed E-state index contributed by atoms with van der Waals surface area (Å²) in [6.45, 7) is 0.484. The van der Waals surface area contributed by atoms with Gasteiger partial charge in [0.05, 0.1) is 0 Å². The highest BCUT2D eigenvalue weighted by Gasteiger charge is 2.31. The molecular formula is C12H14BrClN2O. The molecule has 0 heterocycles. The van der Waals surface area contributed by atoms with E-state index in [1.54, 1.807) is 18.2 Å². The Bertz CT molecular complexity index is 414. The first-order valence-corrected chi connectivity index (χ1v) is 6.74. The Balaban J connectivity index is 2.07. The van der Waals surface area contributed by atoms with Crippen LogP contribution in [0, 0.1) is 5.92 Å². The molecule has 3 N–H and O–H groups in total. The minimum Gasteiger partial charge on any atom is -0.348 e. The number of hydrogen-bond donors (Lipinski definition) is 2. The molecule has 1 unspecified atom stereocenters. The van der Waals surface area contributed by atoms with Crippen molar-refractivity contribution in [3.05, 3.63) is 33.3 Å². The molecule has 1 amide bonds. The Morgan fingerprint density at radius 3 is 2.76 bits per heavy atom. The number of amides is 1. The van der Waals surface area contributed by atoms with Gasteiger partial charge < -0.3 is 11.1 Å². The van der Waals surface area contributed by atoms with Gasteiger partial charge in [-0.25, -0.2) is 0 Å². The molecule has 2 rings (SSSR count).